The second-order valence-electron chi connectivity index (χ2n) is 2.36. The summed E-state index contributed by atoms with van der Waals surface area (Å²) in [4.78, 5) is 2.71. The van der Waals surface area contributed by atoms with E-state index in [2.05, 4.69) is 16.9 Å². The van der Waals surface area contributed by atoms with Crippen LogP contribution in [0.25, 0.3) is 10.4 Å². The first-order valence-corrected chi connectivity index (χ1v) is 3.24. The lowest BCUT2D eigenvalue weighted by molar-refractivity contribution is 0.889. The van der Waals surface area contributed by atoms with E-state index < -0.39 is 0 Å². The molecule has 0 N–H and O–H groups in total. The highest BCUT2D eigenvalue weighted by Crippen LogP contribution is 2.18. The molecular formula is C7H9N3. The molecule has 0 aromatic rings. The summed E-state index contributed by atoms with van der Waals surface area (Å²) in [5, 5.41) is 3.52. The predicted molar refractivity (Wildman–Crippen MR) is 40.2 cm³/mol. The topological polar surface area (TPSA) is 48.8 Å². The number of rotatable bonds is 1. The molecule has 52 valence electrons. The maximum absolute atomic E-state index is 8.08. The Morgan fingerprint density at radius 1 is 1.50 bits per heavy atom. The van der Waals surface area contributed by atoms with Crippen LogP contribution in [-0.4, -0.2) is 0 Å². The molecule has 0 fully saturated rings. The van der Waals surface area contributed by atoms with Gasteiger partial charge in [-0.3, -0.25) is 0 Å². The van der Waals surface area contributed by atoms with Crippen LogP contribution in [0.3, 0.4) is 0 Å². The fourth-order valence-corrected chi connectivity index (χ4v) is 0.871. The summed E-state index contributed by atoms with van der Waals surface area (Å²) in [5.74, 6) is 0. The van der Waals surface area contributed by atoms with Crippen molar-refractivity contribution in [3.05, 3.63) is 33.9 Å². The first kappa shape index (κ1) is 6.90. The van der Waals surface area contributed by atoms with E-state index in [0.29, 0.717) is 0 Å². The summed E-state index contributed by atoms with van der Waals surface area (Å²) in [6.45, 7) is 2.07. The fourth-order valence-electron chi connectivity index (χ4n) is 0.871. The van der Waals surface area contributed by atoms with Gasteiger partial charge in [0.1, 0.15) is 0 Å². The molecule has 3 nitrogen and oxygen atoms in total. The predicted octanol–water partition coefficient (Wildman–Crippen LogP) is 2.92. The Bertz CT molecular complexity index is 231. The van der Waals surface area contributed by atoms with Crippen molar-refractivity contribution >= 4 is 0 Å². The van der Waals surface area contributed by atoms with Crippen molar-refractivity contribution in [3.8, 4) is 0 Å². The Labute approximate surface area is 59.7 Å². The summed E-state index contributed by atoms with van der Waals surface area (Å²) in [7, 11) is 0. The third kappa shape index (κ3) is 1.64. The van der Waals surface area contributed by atoms with Gasteiger partial charge in [0.2, 0.25) is 0 Å². The molecule has 3 heteroatoms. The number of hydrogen-bond acceptors (Lipinski definition) is 1. The van der Waals surface area contributed by atoms with Crippen molar-refractivity contribution < 1.29 is 0 Å². The van der Waals surface area contributed by atoms with E-state index in [0.717, 1.165) is 18.5 Å². The summed E-state index contributed by atoms with van der Waals surface area (Å²) in [5.41, 5.74) is 10.3. The molecule has 0 heterocycles. The van der Waals surface area contributed by atoms with E-state index in [-0.39, 0.29) is 0 Å². The lowest BCUT2D eigenvalue weighted by atomic mass is 10.1. The molecule has 0 unspecified atom stereocenters. The van der Waals surface area contributed by atoms with E-state index in [1.807, 2.05) is 12.2 Å². The standard InChI is InChI=1S/C7H9N3/c1-6-2-4-7(5-3-6)9-10-8/h2,4H,3,5H2,1H3. The summed E-state index contributed by atoms with van der Waals surface area (Å²) < 4.78 is 0. The molecule has 1 aliphatic rings. The van der Waals surface area contributed by atoms with Gasteiger partial charge in [-0.05, 0) is 25.3 Å². The van der Waals surface area contributed by atoms with Gasteiger partial charge in [-0.1, -0.05) is 22.8 Å². The Morgan fingerprint density at radius 2 is 2.30 bits per heavy atom. The van der Waals surface area contributed by atoms with Crippen LogP contribution < -0.4 is 0 Å². The van der Waals surface area contributed by atoms with Gasteiger partial charge in [-0.25, -0.2) is 0 Å². The van der Waals surface area contributed by atoms with Gasteiger partial charge in [-0.2, -0.15) is 0 Å². The van der Waals surface area contributed by atoms with Gasteiger partial charge >= 0.3 is 0 Å². The van der Waals surface area contributed by atoms with Gasteiger partial charge < -0.3 is 0 Å². The summed E-state index contributed by atoms with van der Waals surface area (Å²) >= 11 is 0. The SMILES string of the molecule is CC1=CC=C(N=[N+]=[N-])CC1. The van der Waals surface area contributed by atoms with Crippen LogP contribution in [0.5, 0.6) is 0 Å². The average molecular weight is 135 g/mol. The third-order valence-corrected chi connectivity index (χ3v) is 1.51. The van der Waals surface area contributed by atoms with E-state index in [9.17, 15) is 0 Å². The molecule has 1 aliphatic carbocycles. The molecule has 0 atom stereocenters. The van der Waals surface area contributed by atoms with Crippen molar-refractivity contribution in [2.24, 2.45) is 5.11 Å². The average Bonchev–Trinajstić information content (AvgIpc) is 1.95. The van der Waals surface area contributed by atoms with E-state index in [1.165, 1.54) is 5.57 Å². The molecule has 0 bridgehead atoms. The zero-order valence-electron chi connectivity index (χ0n) is 5.91. The second-order valence-corrected chi connectivity index (χ2v) is 2.36. The quantitative estimate of drug-likeness (QED) is 0.301. The van der Waals surface area contributed by atoms with E-state index >= 15 is 0 Å². The van der Waals surface area contributed by atoms with Gasteiger partial charge in [0.05, 0.1) is 0 Å². The maximum Gasteiger partial charge on any atom is 0.0154 e. The smallest absolute Gasteiger partial charge is 0.0154 e. The van der Waals surface area contributed by atoms with Crippen LogP contribution in [0, 0.1) is 0 Å². The van der Waals surface area contributed by atoms with Gasteiger partial charge in [0.25, 0.3) is 0 Å². The minimum atomic E-state index is 0.841. The number of azide groups is 1. The molecule has 10 heavy (non-hydrogen) atoms. The highest BCUT2D eigenvalue weighted by atomic mass is 15.1. The number of allylic oxidation sites excluding steroid dienone is 4. The van der Waals surface area contributed by atoms with Gasteiger partial charge in [0, 0.05) is 10.6 Å². The monoisotopic (exact) mass is 135 g/mol. The van der Waals surface area contributed by atoms with Crippen LogP contribution in [-0.2, 0) is 0 Å². The third-order valence-electron chi connectivity index (χ3n) is 1.51. The normalized spacial score (nSPS) is 16.9. The molecule has 0 aliphatic heterocycles. The van der Waals surface area contributed by atoms with Crippen LogP contribution in [0.15, 0.2) is 28.5 Å². The first-order valence-electron chi connectivity index (χ1n) is 3.24. The Balaban J connectivity index is 2.73. The lowest BCUT2D eigenvalue weighted by Crippen LogP contribution is -1.86. The molecule has 0 aromatic carbocycles. The fraction of sp³-hybridized carbons (Fsp3) is 0.429. The molecule has 0 aromatic heterocycles. The van der Waals surface area contributed by atoms with Crippen molar-refractivity contribution in [1.29, 1.82) is 0 Å². The highest BCUT2D eigenvalue weighted by Gasteiger charge is 1.99. The van der Waals surface area contributed by atoms with Crippen molar-refractivity contribution in [1.82, 2.24) is 0 Å². The van der Waals surface area contributed by atoms with E-state index in [1.54, 1.807) is 0 Å². The number of hydrogen-bond donors (Lipinski definition) is 0. The van der Waals surface area contributed by atoms with Crippen LogP contribution in [0.1, 0.15) is 19.8 Å². The molecule has 0 saturated heterocycles. The van der Waals surface area contributed by atoms with Crippen molar-refractivity contribution in [3.63, 3.8) is 0 Å². The van der Waals surface area contributed by atoms with Crippen LogP contribution in [0.4, 0.5) is 0 Å². The summed E-state index contributed by atoms with van der Waals surface area (Å²) in [6, 6.07) is 0. The molecule has 0 spiro atoms. The van der Waals surface area contributed by atoms with Gasteiger partial charge in [-0.15, -0.1) is 0 Å². The molecule has 1 rings (SSSR count). The summed E-state index contributed by atoms with van der Waals surface area (Å²) in [6.07, 6.45) is 5.77. The molecular weight excluding hydrogens is 126 g/mol. The Hall–Kier alpha value is -1.21. The first-order chi connectivity index (χ1) is 4.83. The number of nitrogens with zero attached hydrogens (tertiary/aromatic N) is 3. The second kappa shape index (κ2) is 3.08. The minimum Gasteiger partial charge on any atom is -0.0730 e. The zero-order valence-corrected chi connectivity index (χ0v) is 5.91. The van der Waals surface area contributed by atoms with Crippen LogP contribution >= 0.6 is 0 Å². The largest absolute Gasteiger partial charge is 0.0730 e. The van der Waals surface area contributed by atoms with Gasteiger partial charge in [0.15, 0.2) is 0 Å². The zero-order chi connectivity index (χ0) is 7.40. The highest BCUT2D eigenvalue weighted by molar-refractivity contribution is 5.21. The molecule has 0 saturated carbocycles. The van der Waals surface area contributed by atoms with Crippen molar-refractivity contribution in [2.45, 2.75) is 19.8 Å². The van der Waals surface area contributed by atoms with Crippen molar-refractivity contribution in [2.75, 3.05) is 0 Å². The molecule has 0 amide bonds. The Morgan fingerprint density at radius 3 is 2.80 bits per heavy atom. The Kier molecular flexibility index (Phi) is 2.13. The van der Waals surface area contributed by atoms with E-state index in [4.69, 9.17) is 5.53 Å². The van der Waals surface area contributed by atoms with Crippen LogP contribution in [0.2, 0.25) is 0 Å². The minimum absolute atomic E-state index is 0.841. The lowest BCUT2D eigenvalue weighted by Gasteiger charge is -2.05. The molecule has 0 radical (unpaired) electrons. The maximum atomic E-state index is 8.08.